The van der Waals surface area contributed by atoms with Crippen LogP contribution >= 0.6 is 22.6 Å². The minimum atomic E-state index is -0.268. The number of ether oxygens (including phenoxy) is 1. The van der Waals surface area contributed by atoms with Crippen LogP contribution in [-0.2, 0) is 4.74 Å². The molecule has 90 valence electrons. The largest absolute Gasteiger partial charge is 0.362 e. The Morgan fingerprint density at radius 3 is 2.65 bits per heavy atom. The number of nitriles is 1. The Labute approximate surface area is 114 Å². The highest BCUT2D eigenvalue weighted by Gasteiger charge is 2.11. The van der Waals surface area contributed by atoms with Crippen LogP contribution in [0.5, 0.6) is 0 Å². The van der Waals surface area contributed by atoms with Crippen LogP contribution in [0.15, 0.2) is 24.3 Å². The van der Waals surface area contributed by atoms with E-state index in [2.05, 4.69) is 27.9 Å². The molecule has 1 atom stereocenters. The number of hydrogen-bond donors (Lipinski definition) is 1. The van der Waals surface area contributed by atoms with Crippen LogP contribution in [0.25, 0.3) is 0 Å². The molecule has 0 aliphatic carbocycles. The van der Waals surface area contributed by atoms with Gasteiger partial charge in [-0.05, 0) is 24.3 Å². The summed E-state index contributed by atoms with van der Waals surface area (Å²) in [5, 5.41) is 11.4. The second-order valence-corrected chi connectivity index (χ2v) is 4.44. The predicted octanol–water partition coefficient (Wildman–Crippen LogP) is 2.09. The quantitative estimate of drug-likeness (QED) is 0.505. The highest BCUT2D eigenvalue weighted by molar-refractivity contribution is 14.1. The SMILES string of the molecule is COC(CCI)NC(=O)c1ccc(C#N)cc1. The highest BCUT2D eigenvalue weighted by Crippen LogP contribution is 2.05. The molecule has 0 aliphatic rings. The van der Waals surface area contributed by atoms with E-state index < -0.39 is 0 Å². The molecule has 0 aromatic heterocycles. The van der Waals surface area contributed by atoms with Crippen LogP contribution in [0, 0.1) is 11.3 Å². The summed E-state index contributed by atoms with van der Waals surface area (Å²) in [6.07, 6.45) is 0.494. The van der Waals surface area contributed by atoms with Gasteiger partial charge in [-0.25, -0.2) is 0 Å². The maximum atomic E-state index is 11.8. The Hall–Kier alpha value is -1.13. The van der Waals surface area contributed by atoms with E-state index in [0.717, 1.165) is 10.8 Å². The maximum Gasteiger partial charge on any atom is 0.253 e. The molecule has 1 aromatic carbocycles. The first kappa shape index (κ1) is 13.9. The first-order valence-electron chi connectivity index (χ1n) is 5.11. The molecule has 1 N–H and O–H groups in total. The van der Waals surface area contributed by atoms with E-state index in [1.807, 2.05) is 6.07 Å². The third-order valence-corrected chi connectivity index (χ3v) is 2.85. The number of amides is 1. The zero-order valence-corrected chi connectivity index (χ0v) is 11.6. The highest BCUT2D eigenvalue weighted by atomic mass is 127. The topological polar surface area (TPSA) is 62.1 Å². The second kappa shape index (κ2) is 7.25. The molecule has 17 heavy (non-hydrogen) atoms. The van der Waals surface area contributed by atoms with Gasteiger partial charge in [0.1, 0.15) is 6.23 Å². The molecule has 1 rings (SSSR count). The van der Waals surface area contributed by atoms with Crippen molar-refractivity contribution >= 4 is 28.5 Å². The summed E-state index contributed by atoms with van der Waals surface area (Å²) in [5.41, 5.74) is 1.07. The summed E-state index contributed by atoms with van der Waals surface area (Å²) in [6, 6.07) is 8.51. The van der Waals surface area contributed by atoms with E-state index >= 15 is 0 Å². The summed E-state index contributed by atoms with van der Waals surface area (Å²) < 4.78 is 6.05. The number of alkyl halides is 1. The van der Waals surface area contributed by atoms with Crippen LogP contribution < -0.4 is 5.32 Å². The average Bonchev–Trinajstić information content (AvgIpc) is 2.38. The molecular formula is C12H13IN2O2. The van der Waals surface area contributed by atoms with Crippen molar-refractivity contribution in [1.29, 1.82) is 5.26 Å². The lowest BCUT2D eigenvalue weighted by atomic mass is 10.1. The fourth-order valence-corrected chi connectivity index (χ4v) is 1.84. The van der Waals surface area contributed by atoms with Gasteiger partial charge in [0.25, 0.3) is 5.91 Å². The van der Waals surface area contributed by atoms with Crippen LogP contribution in [0.2, 0.25) is 0 Å². The molecule has 5 heteroatoms. The zero-order valence-electron chi connectivity index (χ0n) is 9.44. The van der Waals surface area contributed by atoms with E-state index in [-0.39, 0.29) is 12.1 Å². The smallest absolute Gasteiger partial charge is 0.253 e. The Bertz CT molecular complexity index is 412. The molecule has 0 saturated heterocycles. The Morgan fingerprint density at radius 2 is 2.18 bits per heavy atom. The second-order valence-electron chi connectivity index (χ2n) is 3.36. The van der Waals surface area contributed by atoms with Crippen molar-refractivity contribution in [3.05, 3.63) is 35.4 Å². The molecule has 1 aromatic rings. The lowest BCUT2D eigenvalue weighted by Crippen LogP contribution is -2.36. The van der Waals surface area contributed by atoms with Gasteiger partial charge in [-0.3, -0.25) is 4.79 Å². The number of carbonyl (C=O) groups is 1. The van der Waals surface area contributed by atoms with Gasteiger partial charge in [-0.2, -0.15) is 5.26 Å². The van der Waals surface area contributed by atoms with E-state index in [1.54, 1.807) is 31.4 Å². The molecule has 4 nitrogen and oxygen atoms in total. The number of hydrogen-bond acceptors (Lipinski definition) is 3. The molecule has 0 saturated carbocycles. The summed E-state index contributed by atoms with van der Waals surface area (Å²) in [7, 11) is 1.57. The molecule has 0 bridgehead atoms. The number of nitrogens with zero attached hydrogens (tertiary/aromatic N) is 1. The molecule has 0 radical (unpaired) electrons. The van der Waals surface area contributed by atoms with Gasteiger partial charge in [0.05, 0.1) is 11.6 Å². The van der Waals surface area contributed by atoms with Gasteiger partial charge in [0, 0.05) is 23.5 Å². The fraction of sp³-hybridized carbons (Fsp3) is 0.333. The van der Waals surface area contributed by atoms with E-state index in [1.165, 1.54) is 0 Å². The molecule has 0 heterocycles. The average molecular weight is 344 g/mol. The van der Waals surface area contributed by atoms with Crippen molar-refractivity contribution in [3.8, 4) is 6.07 Å². The summed E-state index contributed by atoms with van der Waals surface area (Å²) in [4.78, 5) is 11.8. The molecule has 1 unspecified atom stereocenters. The lowest BCUT2D eigenvalue weighted by Gasteiger charge is -2.15. The van der Waals surface area contributed by atoms with Crippen molar-refractivity contribution in [1.82, 2.24) is 5.32 Å². The molecule has 0 spiro atoms. The van der Waals surface area contributed by atoms with Crippen LogP contribution in [0.3, 0.4) is 0 Å². The van der Waals surface area contributed by atoms with Crippen molar-refractivity contribution in [2.75, 3.05) is 11.5 Å². The van der Waals surface area contributed by atoms with Gasteiger partial charge < -0.3 is 10.1 Å². The van der Waals surface area contributed by atoms with Crippen LogP contribution in [0.4, 0.5) is 0 Å². The van der Waals surface area contributed by atoms with Gasteiger partial charge in [0.15, 0.2) is 0 Å². The van der Waals surface area contributed by atoms with E-state index in [9.17, 15) is 4.79 Å². The third-order valence-electron chi connectivity index (χ3n) is 2.22. The normalized spacial score (nSPS) is 11.6. The summed E-state index contributed by atoms with van der Waals surface area (Å²) in [6.45, 7) is 0. The first-order valence-corrected chi connectivity index (χ1v) is 6.63. The molecule has 0 fully saturated rings. The standard InChI is InChI=1S/C12H13IN2O2/c1-17-11(6-7-13)15-12(16)10-4-2-9(8-14)3-5-10/h2-5,11H,6-7H2,1H3,(H,15,16). The molecular weight excluding hydrogens is 331 g/mol. The number of halogens is 1. The van der Waals surface area contributed by atoms with Crippen molar-refractivity contribution < 1.29 is 9.53 Å². The first-order chi connectivity index (χ1) is 8.21. The predicted molar refractivity (Wildman–Crippen MR) is 72.9 cm³/mol. The Balaban J connectivity index is 2.66. The number of carbonyl (C=O) groups excluding carboxylic acids is 1. The fourth-order valence-electron chi connectivity index (χ4n) is 1.27. The van der Waals surface area contributed by atoms with E-state index in [4.69, 9.17) is 10.00 Å². The lowest BCUT2D eigenvalue weighted by molar-refractivity contribution is 0.0571. The van der Waals surface area contributed by atoms with Gasteiger partial charge in [-0.15, -0.1) is 0 Å². The van der Waals surface area contributed by atoms with E-state index in [0.29, 0.717) is 11.1 Å². The summed E-state index contributed by atoms with van der Waals surface area (Å²) >= 11 is 2.23. The number of rotatable bonds is 5. The zero-order chi connectivity index (χ0) is 12.7. The van der Waals surface area contributed by atoms with Crippen molar-refractivity contribution in [3.63, 3.8) is 0 Å². The van der Waals surface area contributed by atoms with Gasteiger partial charge in [-0.1, -0.05) is 22.6 Å². The van der Waals surface area contributed by atoms with Crippen molar-refractivity contribution in [2.24, 2.45) is 0 Å². The van der Waals surface area contributed by atoms with Gasteiger partial charge in [0.2, 0.25) is 0 Å². The monoisotopic (exact) mass is 344 g/mol. The van der Waals surface area contributed by atoms with Crippen molar-refractivity contribution in [2.45, 2.75) is 12.6 Å². The maximum absolute atomic E-state index is 11.8. The minimum absolute atomic E-state index is 0.189. The Kier molecular flexibility index (Phi) is 5.94. The molecule has 0 aliphatic heterocycles. The number of benzene rings is 1. The third kappa shape index (κ3) is 4.32. The summed E-state index contributed by atoms with van der Waals surface area (Å²) in [5.74, 6) is -0.189. The van der Waals surface area contributed by atoms with Gasteiger partial charge >= 0.3 is 0 Å². The Morgan fingerprint density at radius 1 is 1.53 bits per heavy atom. The minimum Gasteiger partial charge on any atom is -0.362 e. The molecule has 1 amide bonds. The van der Waals surface area contributed by atoms with Crippen LogP contribution in [0.1, 0.15) is 22.3 Å². The van der Waals surface area contributed by atoms with Crippen LogP contribution in [-0.4, -0.2) is 23.7 Å². The number of nitrogens with one attached hydrogen (secondary N) is 1. The number of methoxy groups -OCH3 is 1.